The fourth-order valence-corrected chi connectivity index (χ4v) is 1.50. The molecule has 1 aromatic heterocycles. The predicted octanol–water partition coefficient (Wildman–Crippen LogP) is 1.98. The largest absolute Gasteiger partial charge is 0.481 e. The number of esters is 1. The van der Waals surface area contributed by atoms with Crippen molar-refractivity contribution in [2.45, 2.75) is 13.5 Å². The number of ether oxygens (including phenoxy) is 2. The average molecular weight is 272 g/mol. The molecule has 0 N–H and O–H groups in total. The first kappa shape index (κ1) is 13.6. The second-order valence-corrected chi connectivity index (χ2v) is 3.99. The highest BCUT2D eigenvalue weighted by molar-refractivity contribution is 5.71. The van der Waals surface area contributed by atoms with Crippen molar-refractivity contribution in [3.05, 3.63) is 47.3 Å². The highest BCUT2D eigenvalue weighted by atomic mass is 16.6. The van der Waals surface area contributed by atoms with Gasteiger partial charge in [-0.15, -0.1) is 0 Å². The molecule has 0 saturated carbocycles. The van der Waals surface area contributed by atoms with E-state index in [1.54, 1.807) is 37.3 Å². The topological polar surface area (TPSA) is 85.4 Å². The smallest absolute Gasteiger partial charge is 0.344 e. The van der Waals surface area contributed by atoms with Crippen molar-refractivity contribution in [1.82, 2.24) is 5.16 Å². The van der Waals surface area contributed by atoms with Gasteiger partial charge >= 0.3 is 5.97 Å². The molecule has 102 valence electrons. The van der Waals surface area contributed by atoms with E-state index in [0.29, 0.717) is 22.8 Å². The minimum absolute atomic E-state index is 0.0272. The molecule has 1 heterocycles. The Kier molecular flexibility index (Phi) is 4.35. The van der Waals surface area contributed by atoms with Gasteiger partial charge in [0, 0.05) is 6.07 Å². The summed E-state index contributed by atoms with van der Waals surface area (Å²) in [6.45, 7) is 1.51. The summed E-state index contributed by atoms with van der Waals surface area (Å²) in [5.41, 5.74) is 0.903. The average Bonchev–Trinajstić information content (AvgIpc) is 2.89. The zero-order valence-electron chi connectivity index (χ0n) is 10.8. The molecule has 20 heavy (non-hydrogen) atoms. The van der Waals surface area contributed by atoms with Crippen LogP contribution in [0.3, 0.4) is 0 Å². The van der Waals surface area contributed by atoms with Crippen LogP contribution in [0.1, 0.15) is 17.0 Å². The van der Waals surface area contributed by atoms with Crippen molar-refractivity contribution in [1.29, 1.82) is 5.26 Å². The van der Waals surface area contributed by atoms with Crippen molar-refractivity contribution in [3.63, 3.8) is 0 Å². The Morgan fingerprint density at radius 2 is 2.25 bits per heavy atom. The lowest BCUT2D eigenvalue weighted by Crippen LogP contribution is -2.15. The van der Waals surface area contributed by atoms with Gasteiger partial charge in [0.15, 0.2) is 6.61 Å². The molecule has 0 spiro atoms. The number of carbonyl (C=O) groups excluding carboxylic acids is 1. The molecule has 6 nitrogen and oxygen atoms in total. The van der Waals surface area contributed by atoms with Gasteiger partial charge in [-0.2, -0.15) is 5.26 Å². The van der Waals surface area contributed by atoms with Crippen LogP contribution in [0.15, 0.2) is 34.9 Å². The molecule has 2 rings (SSSR count). The minimum Gasteiger partial charge on any atom is -0.481 e. The quantitative estimate of drug-likeness (QED) is 0.773. The van der Waals surface area contributed by atoms with Gasteiger partial charge in [0.1, 0.15) is 29.9 Å². The van der Waals surface area contributed by atoms with E-state index in [2.05, 4.69) is 5.16 Å². The van der Waals surface area contributed by atoms with Crippen LogP contribution in [0.5, 0.6) is 5.75 Å². The summed E-state index contributed by atoms with van der Waals surface area (Å²) in [7, 11) is 0. The predicted molar refractivity (Wildman–Crippen MR) is 67.7 cm³/mol. The van der Waals surface area contributed by atoms with Gasteiger partial charge in [-0.1, -0.05) is 17.3 Å². The first-order chi connectivity index (χ1) is 9.69. The molecule has 1 aromatic carbocycles. The lowest BCUT2D eigenvalue weighted by molar-refractivity contribution is -0.147. The van der Waals surface area contributed by atoms with E-state index in [1.165, 1.54) is 0 Å². The minimum atomic E-state index is -0.543. The maximum atomic E-state index is 11.5. The van der Waals surface area contributed by atoms with Crippen LogP contribution in [0, 0.1) is 18.3 Å². The van der Waals surface area contributed by atoms with Gasteiger partial charge in [-0.3, -0.25) is 0 Å². The first-order valence-electron chi connectivity index (χ1n) is 5.89. The standard InChI is InChI=1S/C14H12N2O4/c1-10-6-12(16-20-10)8-19-14(17)9-18-13-5-3-2-4-11(13)7-15/h2-6H,8-9H2,1H3. The van der Waals surface area contributed by atoms with Crippen molar-refractivity contribution in [2.24, 2.45) is 0 Å². The van der Waals surface area contributed by atoms with Crippen LogP contribution in [0.2, 0.25) is 0 Å². The highest BCUT2D eigenvalue weighted by Crippen LogP contribution is 2.16. The third-order valence-corrected chi connectivity index (χ3v) is 2.41. The third-order valence-electron chi connectivity index (χ3n) is 2.41. The maximum Gasteiger partial charge on any atom is 0.344 e. The molecule has 0 bridgehead atoms. The van der Waals surface area contributed by atoms with Gasteiger partial charge in [-0.25, -0.2) is 4.79 Å². The van der Waals surface area contributed by atoms with Crippen LogP contribution in [0.4, 0.5) is 0 Å². The van der Waals surface area contributed by atoms with Crippen molar-refractivity contribution < 1.29 is 18.8 Å². The molecule has 0 radical (unpaired) electrons. The molecule has 0 atom stereocenters. The number of hydrogen-bond acceptors (Lipinski definition) is 6. The highest BCUT2D eigenvalue weighted by Gasteiger charge is 2.09. The molecule has 0 saturated heterocycles. The Hall–Kier alpha value is -2.81. The van der Waals surface area contributed by atoms with Crippen molar-refractivity contribution in [3.8, 4) is 11.8 Å². The SMILES string of the molecule is Cc1cc(COC(=O)COc2ccccc2C#N)no1. The summed E-state index contributed by atoms with van der Waals surface area (Å²) in [5.74, 6) is 0.456. The van der Waals surface area contributed by atoms with E-state index >= 15 is 0 Å². The van der Waals surface area contributed by atoms with Crippen LogP contribution in [-0.2, 0) is 16.1 Å². The molecule has 0 unspecified atom stereocenters. The van der Waals surface area contributed by atoms with Gasteiger partial charge in [0.05, 0.1) is 5.56 Å². The number of rotatable bonds is 5. The molecule has 0 amide bonds. The van der Waals surface area contributed by atoms with E-state index in [1.807, 2.05) is 6.07 Å². The Morgan fingerprint density at radius 1 is 1.45 bits per heavy atom. The van der Waals surface area contributed by atoms with Crippen LogP contribution >= 0.6 is 0 Å². The van der Waals surface area contributed by atoms with Gasteiger partial charge in [0.25, 0.3) is 0 Å². The van der Waals surface area contributed by atoms with Gasteiger partial charge in [-0.05, 0) is 19.1 Å². The second-order valence-electron chi connectivity index (χ2n) is 3.99. The summed E-state index contributed by atoms with van der Waals surface area (Å²) in [4.78, 5) is 11.5. The molecule has 0 aliphatic heterocycles. The molecular weight excluding hydrogens is 260 g/mol. The second kappa shape index (κ2) is 6.38. The number of benzene rings is 1. The van der Waals surface area contributed by atoms with Crippen LogP contribution < -0.4 is 4.74 Å². The summed E-state index contributed by atoms with van der Waals surface area (Å²) in [6, 6.07) is 10.3. The number of aryl methyl sites for hydroxylation is 1. The number of para-hydroxylation sites is 1. The monoisotopic (exact) mass is 272 g/mol. The van der Waals surface area contributed by atoms with Gasteiger partial charge < -0.3 is 14.0 Å². The number of nitrogens with zero attached hydrogens (tertiary/aromatic N) is 2. The van der Waals surface area contributed by atoms with E-state index in [0.717, 1.165) is 0 Å². The lowest BCUT2D eigenvalue weighted by atomic mass is 10.2. The van der Waals surface area contributed by atoms with Crippen molar-refractivity contribution in [2.75, 3.05) is 6.61 Å². The Morgan fingerprint density at radius 3 is 2.95 bits per heavy atom. The van der Waals surface area contributed by atoms with Crippen LogP contribution in [0.25, 0.3) is 0 Å². The molecule has 2 aromatic rings. The fourth-order valence-electron chi connectivity index (χ4n) is 1.50. The van der Waals surface area contributed by atoms with Crippen LogP contribution in [-0.4, -0.2) is 17.7 Å². The molecule has 0 aliphatic rings. The number of hydrogen-bond donors (Lipinski definition) is 0. The molecule has 0 fully saturated rings. The molecule has 6 heteroatoms. The maximum absolute atomic E-state index is 11.5. The molecule has 0 aliphatic carbocycles. The Balaban J connectivity index is 1.82. The van der Waals surface area contributed by atoms with Crippen molar-refractivity contribution >= 4 is 5.97 Å². The number of nitriles is 1. The summed E-state index contributed by atoms with van der Waals surface area (Å²) >= 11 is 0. The molecular formula is C14H12N2O4. The zero-order valence-corrected chi connectivity index (χ0v) is 10.8. The summed E-state index contributed by atoms with van der Waals surface area (Å²) < 4.78 is 15.1. The lowest BCUT2D eigenvalue weighted by Gasteiger charge is -2.07. The first-order valence-corrected chi connectivity index (χ1v) is 5.89. The third kappa shape index (κ3) is 3.59. The Labute approximate surface area is 115 Å². The van der Waals surface area contributed by atoms with E-state index in [-0.39, 0.29) is 13.2 Å². The Bertz CT molecular complexity index is 643. The zero-order chi connectivity index (χ0) is 14.4. The van der Waals surface area contributed by atoms with E-state index < -0.39 is 5.97 Å². The number of carbonyl (C=O) groups is 1. The normalized spacial score (nSPS) is 9.80. The number of aromatic nitrogens is 1. The van der Waals surface area contributed by atoms with Gasteiger partial charge in [0.2, 0.25) is 0 Å². The van der Waals surface area contributed by atoms with E-state index in [4.69, 9.17) is 19.3 Å². The summed E-state index contributed by atoms with van der Waals surface area (Å²) in [5, 5.41) is 12.6. The fraction of sp³-hybridized carbons (Fsp3) is 0.214. The van der Waals surface area contributed by atoms with E-state index in [9.17, 15) is 4.79 Å². The summed E-state index contributed by atoms with van der Waals surface area (Å²) in [6.07, 6.45) is 0.